The zero-order chi connectivity index (χ0) is 24.5. The fourth-order valence-electron chi connectivity index (χ4n) is 6.58. The van der Waals surface area contributed by atoms with E-state index in [0.717, 1.165) is 12.8 Å². The Kier molecular flexibility index (Phi) is 6.23. The summed E-state index contributed by atoms with van der Waals surface area (Å²) in [6.45, 7) is 9.57. The number of hydrogen-bond acceptors (Lipinski definition) is 1. The fourth-order valence-corrected chi connectivity index (χ4v) is 6.58. The maximum absolute atomic E-state index is 2.61. The molecule has 35 heavy (non-hydrogen) atoms. The van der Waals surface area contributed by atoms with E-state index in [2.05, 4.69) is 140 Å². The number of rotatable bonds is 7. The van der Waals surface area contributed by atoms with Gasteiger partial charge in [0.2, 0.25) is 5.69 Å². The Morgan fingerprint density at radius 3 is 1.89 bits per heavy atom. The minimum atomic E-state index is 0.0506. The lowest BCUT2D eigenvalue weighted by Crippen LogP contribution is -2.69. The summed E-state index contributed by atoms with van der Waals surface area (Å²) in [4.78, 5) is 2.37. The van der Waals surface area contributed by atoms with Gasteiger partial charge in [0.15, 0.2) is 11.7 Å². The van der Waals surface area contributed by atoms with Gasteiger partial charge in [0.05, 0.1) is 11.0 Å². The van der Waals surface area contributed by atoms with Gasteiger partial charge in [-0.2, -0.15) is 4.57 Å². The Hall–Kier alpha value is -3.39. The molecular formula is C33H37N2+. The van der Waals surface area contributed by atoms with Crippen LogP contribution in [0.4, 0.5) is 17.1 Å². The van der Waals surface area contributed by atoms with Gasteiger partial charge < -0.3 is 4.90 Å². The van der Waals surface area contributed by atoms with Crippen molar-refractivity contribution in [2.45, 2.75) is 64.3 Å². The van der Waals surface area contributed by atoms with Crippen LogP contribution in [0, 0.1) is 0 Å². The summed E-state index contributed by atoms with van der Waals surface area (Å²) in [5.41, 5.74) is 7.80. The minimum absolute atomic E-state index is 0.0506. The maximum Gasteiger partial charge on any atom is 0.213 e. The summed E-state index contributed by atoms with van der Waals surface area (Å²) in [5.74, 6) is 0. The molecule has 5 rings (SSSR count). The second-order valence-electron chi connectivity index (χ2n) is 10.0. The average Bonchev–Trinajstić information content (AvgIpc) is 2.92. The third-order valence-electron chi connectivity index (χ3n) is 8.46. The zero-order valence-electron chi connectivity index (χ0n) is 21.5. The Morgan fingerprint density at radius 2 is 1.31 bits per heavy atom. The highest BCUT2D eigenvalue weighted by Crippen LogP contribution is 2.52. The van der Waals surface area contributed by atoms with E-state index >= 15 is 0 Å². The summed E-state index contributed by atoms with van der Waals surface area (Å²) in [5, 5.41) is 0. The van der Waals surface area contributed by atoms with Gasteiger partial charge in [-0.3, -0.25) is 0 Å². The van der Waals surface area contributed by atoms with E-state index in [1.807, 2.05) is 0 Å². The van der Waals surface area contributed by atoms with Crippen LogP contribution < -0.4 is 9.47 Å². The molecule has 0 radical (unpaired) electrons. The van der Waals surface area contributed by atoms with Gasteiger partial charge in [-0.15, -0.1) is 0 Å². The molecule has 1 aliphatic heterocycles. The van der Waals surface area contributed by atoms with Gasteiger partial charge in [0.25, 0.3) is 0 Å². The molecule has 3 aromatic carbocycles. The lowest BCUT2D eigenvalue weighted by Gasteiger charge is -2.48. The van der Waals surface area contributed by atoms with Crippen LogP contribution in [0.15, 0.2) is 103 Å². The van der Waals surface area contributed by atoms with E-state index < -0.39 is 0 Å². The van der Waals surface area contributed by atoms with Crippen molar-refractivity contribution >= 4 is 17.1 Å². The predicted molar refractivity (Wildman–Crippen MR) is 148 cm³/mol. The van der Waals surface area contributed by atoms with E-state index in [1.54, 1.807) is 0 Å². The molecule has 4 aromatic rings. The largest absolute Gasteiger partial charge is 0.310 e. The topological polar surface area (TPSA) is 7.12 Å². The molecule has 0 N–H and O–H groups in total. The molecule has 0 saturated heterocycles. The van der Waals surface area contributed by atoms with Crippen LogP contribution in [0.2, 0.25) is 0 Å². The highest BCUT2D eigenvalue weighted by Gasteiger charge is 2.58. The molecule has 2 nitrogen and oxygen atoms in total. The molecule has 0 bridgehead atoms. The Balaban J connectivity index is 1.77. The van der Waals surface area contributed by atoms with Gasteiger partial charge in [0.1, 0.15) is 0 Å². The molecule has 2 atom stereocenters. The second-order valence-corrected chi connectivity index (χ2v) is 10.0. The SMILES string of the molecule is CCCC1(CC)[n+]2ccccc2-c2cc(N(c3ccccc3)c3ccccc3)ccc2C1(C)CC. The monoisotopic (exact) mass is 461 g/mol. The third kappa shape index (κ3) is 3.58. The van der Waals surface area contributed by atoms with Crippen molar-refractivity contribution in [3.05, 3.63) is 109 Å². The number of benzene rings is 3. The van der Waals surface area contributed by atoms with Gasteiger partial charge in [-0.05, 0) is 67.8 Å². The number of anilines is 3. The van der Waals surface area contributed by atoms with Crippen molar-refractivity contribution in [3.63, 3.8) is 0 Å². The van der Waals surface area contributed by atoms with E-state index in [4.69, 9.17) is 0 Å². The van der Waals surface area contributed by atoms with Crippen molar-refractivity contribution in [2.75, 3.05) is 4.90 Å². The van der Waals surface area contributed by atoms with Crippen molar-refractivity contribution in [2.24, 2.45) is 0 Å². The van der Waals surface area contributed by atoms with Crippen LogP contribution in [0.1, 0.15) is 58.9 Å². The first-order valence-electron chi connectivity index (χ1n) is 13.2. The first-order valence-corrected chi connectivity index (χ1v) is 13.2. The quantitative estimate of drug-likeness (QED) is 0.250. The highest BCUT2D eigenvalue weighted by atomic mass is 15.1. The van der Waals surface area contributed by atoms with Gasteiger partial charge in [-0.1, -0.05) is 63.2 Å². The van der Waals surface area contributed by atoms with Gasteiger partial charge >= 0.3 is 0 Å². The number of hydrogen-bond donors (Lipinski definition) is 0. The second kappa shape index (κ2) is 9.34. The number of aromatic nitrogens is 1. The summed E-state index contributed by atoms with van der Waals surface area (Å²) in [6, 6.07) is 35.2. The highest BCUT2D eigenvalue weighted by molar-refractivity contribution is 5.80. The first-order chi connectivity index (χ1) is 17.1. The van der Waals surface area contributed by atoms with Crippen molar-refractivity contribution in [1.82, 2.24) is 0 Å². The average molecular weight is 462 g/mol. The molecule has 2 unspecified atom stereocenters. The lowest BCUT2D eigenvalue weighted by molar-refractivity contribution is -0.770. The molecule has 2 heteroatoms. The molecule has 0 saturated carbocycles. The summed E-state index contributed by atoms with van der Waals surface area (Å²) in [7, 11) is 0. The molecule has 178 valence electrons. The lowest BCUT2D eigenvalue weighted by atomic mass is 9.58. The predicted octanol–water partition coefficient (Wildman–Crippen LogP) is 8.70. The maximum atomic E-state index is 2.61. The molecule has 0 fully saturated rings. The van der Waals surface area contributed by atoms with Gasteiger partial charge in [-0.25, -0.2) is 0 Å². The van der Waals surface area contributed by atoms with E-state index in [-0.39, 0.29) is 11.0 Å². The van der Waals surface area contributed by atoms with E-state index in [9.17, 15) is 0 Å². The minimum Gasteiger partial charge on any atom is -0.310 e. The molecule has 0 spiro atoms. The molecule has 0 amide bonds. The summed E-state index contributed by atoms with van der Waals surface area (Å²) in [6.07, 6.45) is 6.90. The number of fused-ring (bicyclic) bond motifs is 3. The summed E-state index contributed by atoms with van der Waals surface area (Å²) < 4.78 is 2.61. The Bertz CT molecular complexity index is 1260. The van der Waals surface area contributed by atoms with Crippen LogP contribution in [0.5, 0.6) is 0 Å². The molecule has 1 aliphatic rings. The number of nitrogens with zero attached hydrogens (tertiary/aromatic N) is 2. The van der Waals surface area contributed by atoms with Crippen LogP contribution in [-0.4, -0.2) is 0 Å². The fraction of sp³-hybridized carbons (Fsp3) is 0.303. The number of para-hydroxylation sites is 2. The molecule has 2 heterocycles. The Labute approximate surface area is 210 Å². The van der Waals surface area contributed by atoms with Crippen LogP contribution in [-0.2, 0) is 11.0 Å². The smallest absolute Gasteiger partial charge is 0.213 e. The van der Waals surface area contributed by atoms with Crippen molar-refractivity contribution < 1.29 is 4.57 Å². The summed E-state index contributed by atoms with van der Waals surface area (Å²) >= 11 is 0. The van der Waals surface area contributed by atoms with Crippen LogP contribution >= 0.6 is 0 Å². The molecular weight excluding hydrogens is 424 g/mol. The van der Waals surface area contributed by atoms with Crippen LogP contribution in [0.3, 0.4) is 0 Å². The first kappa shape index (κ1) is 23.4. The van der Waals surface area contributed by atoms with Crippen LogP contribution in [0.25, 0.3) is 11.3 Å². The van der Waals surface area contributed by atoms with E-state index in [0.29, 0.717) is 0 Å². The normalized spacial score (nSPS) is 20.7. The molecule has 0 aliphatic carbocycles. The van der Waals surface area contributed by atoms with Crippen molar-refractivity contribution in [1.29, 1.82) is 0 Å². The van der Waals surface area contributed by atoms with Crippen molar-refractivity contribution in [3.8, 4) is 11.3 Å². The number of pyridine rings is 1. The Morgan fingerprint density at radius 1 is 0.686 bits per heavy atom. The standard InChI is InChI=1S/C33H37N2/c1-5-23-33(7-3)32(4,6-2)30-22-21-28(25-29(30)31-20-14-15-24-34(31)33)35(26-16-10-8-11-17-26)27-18-12-9-13-19-27/h8-22,24-25H,5-7,23H2,1-4H3/q+1. The van der Waals surface area contributed by atoms with E-state index in [1.165, 1.54) is 46.7 Å². The van der Waals surface area contributed by atoms with Gasteiger partial charge in [0, 0.05) is 42.0 Å². The third-order valence-corrected chi connectivity index (χ3v) is 8.46. The zero-order valence-corrected chi connectivity index (χ0v) is 21.5. The molecule has 1 aromatic heterocycles.